The summed E-state index contributed by atoms with van der Waals surface area (Å²) in [7, 11) is 1.54. The highest BCUT2D eigenvalue weighted by atomic mass is 35.5. The van der Waals surface area contributed by atoms with E-state index >= 15 is 0 Å². The molecule has 0 aliphatic rings. The molecule has 10 heteroatoms. The Hall–Kier alpha value is -1.87. The van der Waals surface area contributed by atoms with Gasteiger partial charge < -0.3 is 4.90 Å². The smallest absolute Gasteiger partial charge is 0.332 e. The van der Waals surface area contributed by atoms with Gasteiger partial charge in [0.15, 0.2) is 0 Å². The fraction of sp³-hybridized carbons (Fsp3) is 0.562. The maximum atomic E-state index is 12.7. The van der Waals surface area contributed by atoms with E-state index < -0.39 is 23.6 Å². The van der Waals surface area contributed by atoms with Crippen LogP contribution in [0.4, 0.5) is 18.9 Å². The molecule has 0 saturated carbocycles. The normalized spacial score (nSPS) is 11.9. The van der Waals surface area contributed by atoms with Crippen LogP contribution in [-0.4, -0.2) is 53.5 Å². The Labute approximate surface area is 154 Å². The number of hydrogen-bond donors (Lipinski definition) is 0. The average molecular weight is 396 g/mol. The molecular weight excluding hydrogens is 375 g/mol. The average Bonchev–Trinajstić information content (AvgIpc) is 2.46. The largest absolute Gasteiger partial charge is 0.406 e. The molecule has 0 aliphatic heterocycles. The number of benzene rings is 1. The SMILES string of the molecule is CC(C)CN(CC(F)(F)F)C(=O)CN(C)Cc1cc([N+](=O)[O-])ccc1Cl. The van der Waals surface area contributed by atoms with E-state index in [1.54, 1.807) is 13.8 Å². The van der Waals surface area contributed by atoms with Crippen LogP contribution in [0.3, 0.4) is 0 Å². The van der Waals surface area contributed by atoms with Crippen molar-refractivity contribution in [3.8, 4) is 0 Å². The van der Waals surface area contributed by atoms with E-state index in [0.717, 1.165) is 4.90 Å². The van der Waals surface area contributed by atoms with Crippen LogP contribution in [0.25, 0.3) is 0 Å². The lowest BCUT2D eigenvalue weighted by molar-refractivity contribution is -0.384. The van der Waals surface area contributed by atoms with Gasteiger partial charge in [0.2, 0.25) is 5.91 Å². The van der Waals surface area contributed by atoms with E-state index in [2.05, 4.69) is 0 Å². The highest BCUT2D eigenvalue weighted by Gasteiger charge is 2.33. The van der Waals surface area contributed by atoms with Gasteiger partial charge in [0, 0.05) is 30.2 Å². The molecule has 1 aromatic rings. The number of nitro benzene ring substituents is 1. The van der Waals surface area contributed by atoms with E-state index in [0.29, 0.717) is 5.56 Å². The molecule has 0 fully saturated rings. The predicted molar refractivity (Wildman–Crippen MR) is 91.9 cm³/mol. The topological polar surface area (TPSA) is 66.7 Å². The maximum Gasteiger partial charge on any atom is 0.406 e. The Bertz CT molecular complexity index is 653. The van der Waals surface area contributed by atoms with Crippen molar-refractivity contribution in [3.63, 3.8) is 0 Å². The van der Waals surface area contributed by atoms with Crippen molar-refractivity contribution >= 4 is 23.2 Å². The van der Waals surface area contributed by atoms with Gasteiger partial charge in [0.05, 0.1) is 11.5 Å². The van der Waals surface area contributed by atoms with Crippen molar-refractivity contribution in [2.75, 3.05) is 26.7 Å². The number of nitro groups is 1. The van der Waals surface area contributed by atoms with E-state index in [9.17, 15) is 28.1 Å². The summed E-state index contributed by atoms with van der Waals surface area (Å²) < 4.78 is 38.1. The number of rotatable bonds is 8. The summed E-state index contributed by atoms with van der Waals surface area (Å²) in [6, 6.07) is 3.91. The van der Waals surface area contributed by atoms with Gasteiger partial charge in [-0.25, -0.2) is 0 Å². The molecule has 0 saturated heterocycles. The number of carbonyl (C=O) groups excluding carboxylic acids is 1. The molecule has 26 heavy (non-hydrogen) atoms. The predicted octanol–water partition coefficient (Wildman–Crippen LogP) is 3.73. The van der Waals surface area contributed by atoms with Crippen LogP contribution in [0.1, 0.15) is 19.4 Å². The van der Waals surface area contributed by atoms with Crippen LogP contribution >= 0.6 is 11.6 Å². The van der Waals surface area contributed by atoms with Crippen molar-refractivity contribution in [1.29, 1.82) is 0 Å². The molecule has 1 amide bonds. The zero-order valence-electron chi connectivity index (χ0n) is 14.7. The standard InChI is InChI=1S/C16H21ClF3N3O3/c1-11(2)7-22(10-16(18,19)20)15(24)9-21(3)8-12-6-13(23(25)26)4-5-14(12)17/h4-6,11H,7-10H2,1-3H3. The molecule has 0 spiro atoms. The van der Waals surface area contributed by atoms with Gasteiger partial charge in [0.25, 0.3) is 5.69 Å². The lowest BCUT2D eigenvalue weighted by Gasteiger charge is -2.28. The number of non-ortho nitro benzene ring substituents is 1. The van der Waals surface area contributed by atoms with Crippen LogP contribution in [0, 0.1) is 16.0 Å². The first-order chi connectivity index (χ1) is 11.9. The summed E-state index contributed by atoms with van der Waals surface area (Å²) in [5, 5.41) is 11.1. The fourth-order valence-corrected chi connectivity index (χ4v) is 2.56. The second-order valence-corrected chi connectivity index (χ2v) is 6.90. The zero-order valence-corrected chi connectivity index (χ0v) is 15.5. The number of halogens is 4. The monoisotopic (exact) mass is 395 g/mol. The number of likely N-dealkylation sites (N-methyl/N-ethyl adjacent to an activating group) is 1. The van der Waals surface area contributed by atoms with Crippen LogP contribution in [0.15, 0.2) is 18.2 Å². The molecule has 1 aromatic carbocycles. The third-order valence-electron chi connectivity index (χ3n) is 3.39. The van der Waals surface area contributed by atoms with Crippen LogP contribution < -0.4 is 0 Å². The van der Waals surface area contributed by atoms with E-state index in [1.165, 1.54) is 30.1 Å². The van der Waals surface area contributed by atoms with Gasteiger partial charge >= 0.3 is 6.18 Å². The molecule has 0 bridgehead atoms. The quantitative estimate of drug-likeness (QED) is 0.497. The molecule has 6 nitrogen and oxygen atoms in total. The highest BCUT2D eigenvalue weighted by molar-refractivity contribution is 6.31. The van der Waals surface area contributed by atoms with Crippen molar-refractivity contribution in [2.45, 2.75) is 26.6 Å². The minimum Gasteiger partial charge on any atom is -0.332 e. The van der Waals surface area contributed by atoms with Crippen molar-refractivity contribution < 1.29 is 22.9 Å². The Kier molecular flexibility index (Phi) is 7.83. The highest BCUT2D eigenvalue weighted by Crippen LogP contribution is 2.23. The molecule has 0 radical (unpaired) electrons. The maximum absolute atomic E-state index is 12.7. The van der Waals surface area contributed by atoms with Crippen LogP contribution in [0.5, 0.6) is 0 Å². The Morgan fingerprint density at radius 3 is 2.46 bits per heavy atom. The third-order valence-corrected chi connectivity index (χ3v) is 3.76. The van der Waals surface area contributed by atoms with Gasteiger partial charge in [0.1, 0.15) is 6.54 Å². The summed E-state index contributed by atoms with van der Waals surface area (Å²) in [6.07, 6.45) is -4.48. The summed E-state index contributed by atoms with van der Waals surface area (Å²) in [6.45, 7) is 1.96. The van der Waals surface area contributed by atoms with Gasteiger partial charge in [-0.05, 0) is 24.6 Å². The Morgan fingerprint density at radius 2 is 1.96 bits per heavy atom. The molecule has 0 atom stereocenters. The van der Waals surface area contributed by atoms with E-state index in [1.807, 2.05) is 0 Å². The molecule has 1 rings (SSSR count). The Balaban J connectivity index is 2.81. The summed E-state index contributed by atoms with van der Waals surface area (Å²) >= 11 is 6.01. The van der Waals surface area contributed by atoms with Gasteiger partial charge in [-0.3, -0.25) is 19.8 Å². The number of amides is 1. The zero-order chi connectivity index (χ0) is 20.1. The molecular formula is C16H21ClF3N3O3. The van der Waals surface area contributed by atoms with Gasteiger partial charge in [-0.2, -0.15) is 13.2 Å². The fourth-order valence-electron chi connectivity index (χ4n) is 2.39. The first kappa shape index (κ1) is 22.2. The van der Waals surface area contributed by atoms with Crippen molar-refractivity contribution in [1.82, 2.24) is 9.80 Å². The number of alkyl halides is 3. The van der Waals surface area contributed by atoms with Crippen molar-refractivity contribution in [2.24, 2.45) is 5.92 Å². The lowest BCUT2D eigenvalue weighted by atomic mass is 10.2. The van der Waals surface area contributed by atoms with Gasteiger partial charge in [-0.15, -0.1) is 0 Å². The number of hydrogen-bond acceptors (Lipinski definition) is 4. The third kappa shape index (κ3) is 7.57. The molecule has 0 unspecified atom stereocenters. The summed E-state index contributed by atoms with van der Waals surface area (Å²) in [5.74, 6) is -0.780. The number of carbonyl (C=O) groups is 1. The van der Waals surface area contributed by atoms with Crippen LogP contribution in [0.2, 0.25) is 5.02 Å². The summed E-state index contributed by atoms with van der Waals surface area (Å²) in [5.41, 5.74) is 0.269. The molecule has 0 heterocycles. The minimum absolute atomic E-state index is 0.0102. The number of nitrogens with zero attached hydrogens (tertiary/aromatic N) is 3. The first-order valence-electron chi connectivity index (χ1n) is 7.85. The molecule has 0 N–H and O–H groups in total. The second-order valence-electron chi connectivity index (χ2n) is 6.49. The van der Waals surface area contributed by atoms with Crippen LogP contribution in [-0.2, 0) is 11.3 Å². The minimum atomic E-state index is -4.48. The summed E-state index contributed by atoms with van der Waals surface area (Å²) in [4.78, 5) is 24.8. The van der Waals surface area contributed by atoms with Gasteiger partial charge in [-0.1, -0.05) is 25.4 Å². The first-order valence-corrected chi connectivity index (χ1v) is 8.22. The van der Waals surface area contributed by atoms with E-state index in [-0.39, 0.29) is 36.3 Å². The van der Waals surface area contributed by atoms with Crippen molar-refractivity contribution in [3.05, 3.63) is 38.9 Å². The molecule has 0 aliphatic carbocycles. The van der Waals surface area contributed by atoms with E-state index in [4.69, 9.17) is 11.6 Å². The Morgan fingerprint density at radius 1 is 1.35 bits per heavy atom. The molecule has 0 aromatic heterocycles. The molecule has 146 valence electrons. The second kappa shape index (κ2) is 9.18. The lowest BCUT2D eigenvalue weighted by Crippen LogP contribution is -2.45.